The van der Waals surface area contributed by atoms with Gasteiger partial charge in [-0.15, -0.1) is 0 Å². The molecule has 13 heteroatoms. The van der Waals surface area contributed by atoms with Crippen LogP contribution in [0.15, 0.2) is 71.6 Å². The number of nitrogens with one attached hydrogen (secondary N) is 1. The number of carbonyl (C=O) groups excluding carboxylic acids is 2. The van der Waals surface area contributed by atoms with Gasteiger partial charge < -0.3 is 10.1 Å². The molecule has 0 aromatic heterocycles. The summed E-state index contributed by atoms with van der Waals surface area (Å²) in [6, 6.07) is 13.1. The largest absolute Gasteiger partial charge is 0.456 e. The Morgan fingerprint density at radius 2 is 1.74 bits per heavy atom. The van der Waals surface area contributed by atoms with Crippen molar-refractivity contribution in [3.05, 3.63) is 94.3 Å². The molecule has 7 nitrogen and oxygen atoms in total. The average Bonchev–Trinajstić information content (AvgIpc) is 2.88. The molecule has 0 bridgehead atoms. The average molecular weight is 585 g/mol. The second kappa shape index (κ2) is 11.3. The topological polar surface area (TPSA) is 92.8 Å². The molecule has 0 fully saturated rings. The van der Waals surface area contributed by atoms with Gasteiger partial charge in [0.25, 0.3) is 5.91 Å². The van der Waals surface area contributed by atoms with E-state index in [-0.39, 0.29) is 17.1 Å². The number of hydrogen-bond acceptors (Lipinski definition) is 5. The molecule has 0 aliphatic carbocycles. The number of ether oxygens (including phenoxy) is 1. The van der Waals surface area contributed by atoms with Crippen molar-refractivity contribution in [3.8, 4) is 0 Å². The minimum Gasteiger partial charge on any atom is -0.456 e. The van der Waals surface area contributed by atoms with E-state index in [0.717, 1.165) is 46.3 Å². The summed E-state index contributed by atoms with van der Waals surface area (Å²) in [5, 5.41) is 1.66. The van der Waals surface area contributed by atoms with Crippen molar-refractivity contribution in [2.75, 3.05) is 18.5 Å². The van der Waals surface area contributed by atoms with Crippen molar-refractivity contribution in [1.29, 1.82) is 0 Å². The summed E-state index contributed by atoms with van der Waals surface area (Å²) >= 11 is 5.57. The molecule has 1 aliphatic rings. The lowest BCUT2D eigenvalue weighted by Crippen LogP contribution is -2.41. The van der Waals surface area contributed by atoms with Crippen molar-refractivity contribution in [1.82, 2.24) is 4.31 Å². The van der Waals surface area contributed by atoms with E-state index in [4.69, 9.17) is 16.3 Å². The zero-order valence-corrected chi connectivity index (χ0v) is 21.6. The Morgan fingerprint density at radius 1 is 1.05 bits per heavy atom. The summed E-state index contributed by atoms with van der Waals surface area (Å²) in [6.45, 7) is -0.769. The molecule has 3 aromatic rings. The molecule has 3 aromatic carbocycles. The van der Waals surface area contributed by atoms with Gasteiger partial charge >= 0.3 is 12.1 Å². The molecule has 0 radical (unpaired) electrons. The molecule has 4 rings (SSSR count). The Morgan fingerprint density at radius 3 is 2.44 bits per heavy atom. The Hall–Kier alpha value is -3.48. The third-order valence-corrected chi connectivity index (χ3v) is 8.32. The fourth-order valence-corrected chi connectivity index (χ4v) is 6.08. The lowest BCUT2D eigenvalue weighted by molar-refractivity contribution is -0.148. The predicted octanol–water partition coefficient (Wildman–Crippen LogP) is 5.36. The number of benzene rings is 3. The van der Waals surface area contributed by atoms with E-state index in [2.05, 4.69) is 5.32 Å². The number of hydrogen-bond donors (Lipinski definition) is 1. The molecule has 0 spiro atoms. The van der Waals surface area contributed by atoms with E-state index >= 15 is 0 Å². The van der Waals surface area contributed by atoms with Crippen LogP contribution in [-0.2, 0) is 36.9 Å². The molecular weight excluding hydrogens is 564 g/mol. The van der Waals surface area contributed by atoms with E-state index in [1.165, 1.54) is 0 Å². The second-order valence-corrected chi connectivity index (χ2v) is 10.9. The summed E-state index contributed by atoms with van der Waals surface area (Å²) in [5.41, 5.74) is 0.0708. The number of rotatable bonds is 7. The maximum atomic E-state index is 13.4. The van der Waals surface area contributed by atoms with Gasteiger partial charge in [0.15, 0.2) is 6.61 Å². The number of alkyl halides is 3. The van der Waals surface area contributed by atoms with Crippen LogP contribution in [0.2, 0.25) is 5.02 Å². The zero-order valence-electron chi connectivity index (χ0n) is 20.0. The van der Waals surface area contributed by atoms with Gasteiger partial charge in [0, 0.05) is 12.2 Å². The number of fused-ring (bicyclic) bond motifs is 1. The second-order valence-electron chi connectivity index (χ2n) is 8.64. The van der Waals surface area contributed by atoms with E-state index in [9.17, 15) is 35.6 Å². The van der Waals surface area contributed by atoms with E-state index in [1.54, 1.807) is 18.2 Å². The summed E-state index contributed by atoms with van der Waals surface area (Å²) in [6.07, 6.45) is -4.80. The van der Waals surface area contributed by atoms with Crippen LogP contribution in [0, 0.1) is 5.82 Å². The van der Waals surface area contributed by atoms with Gasteiger partial charge in [-0.05, 0) is 60.0 Å². The third-order valence-electron chi connectivity index (χ3n) is 6.06. The molecule has 1 aliphatic heterocycles. The van der Waals surface area contributed by atoms with Crippen LogP contribution in [0.1, 0.15) is 29.2 Å². The van der Waals surface area contributed by atoms with E-state index in [0.29, 0.717) is 18.1 Å². The third kappa shape index (κ3) is 6.57. The fraction of sp³-hybridized carbons (Fsp3) is 0.231. The summed E-state index contributed by atoms with van der Waals surface area (Å²) in [5.74, 6) is -2.42. The van der Waals surface area contributed by atoms with E-state index in [1.807, 2.05) is 6.07 Å². The molecule has 1 amide bonds. The minimum atomic E-state index is -4.74. The summed E-state index contributed by atoms with van der Waals surface area (Å²) < 4.78 is 85.5. The molecule has 39 heavy (non-hydrogen) atoms. The monoisotopic (exact) mass is 584 g/mol. The Kier molecular flexibility index (Phi) is 8.28. The standard InChI is InChI=1S/C26H21ClF4N2O5S/c27-22-10-7-18(13-21(22)26(29,30)31)32-24(34)15-38-25(35)14-23-20-4-2-1-3-16(20)11-12-33(23)39(36,37)19-8-5-17(28)6-9-19/h1-10,13,23H,11-12,14-15H2,(H,32,34)/t23-/m0/s1. The van der Waals surface area contributed by atoms with Crippen molar-refractivity contribution < 1.29 is 40.3 Å². The predicted molar refractivity (Wildman–Crippen MR) is 134 cm³/mol. The maximum Gasteiger partial charge on any atom is 0.417 e. The molecule has 1 heterocycles. The highest BCUT2D eigenvalue weighted by Crippen LogP contribution is 2.37. The summed E-state index contributed by atoms with van der Waals surface area (Å²) in [4.78, 5) is 24.8. The first-order valence-corrected chi connectivity index (χ1v) is 13.4. The maximum absolute atomic E-state index is 13.4. The SMILES string of the molecule is O=C(COC(=O)C[C@H]1c2ccccc2CCN1S(=O)(=O)c1ccc(F)cc1)Nc1ccc(Cl)c(C(F)(F)F)c1. The molecular formula is C26H21ClF4N2O5S. The molecule has 0 saturated carbocycles. The highest BCUT2D eigenvalue weighted by molar-refractivity contribution is 7.89. The van der Waals surface area contributed by atoms with Gasteiger partial charge in [-0.25, -0.2) is 12.8 Å². The number of amides is 1. The number of halogens is 5. The van der Waals surface area contributed by atoms with Crippen LogP contribution < -0.4 is 5.32 Å². The van der Waals surface area contributed by atoms with Gasteiger partial charge in [-0.3, -0.25) is 9.59 Å². The van der Waals surface area contributed by atoms with Crippen LogP contribution in [0.25, 0.3) is 0 Å². The molecule has 1 atom stereocenters. The Balaban J connectivity index is 1.47. The smallest absolute Gasteiger partial charge is 0.417 e. The van der Waals surface area contributed by atoms with Gasteiger partial charge in [-0.1, -0.05) is 35.9 Å². The van der Waals surface area contributed by atoms with Gasteiger partial charge in [0.05, 0.1) is 27.9 Å². The zero-order chi connectivity index (χ0) is 28.4. The molecule has 0 unspecified atom stereocenters. The fourth-order valence-electron chi connectivity index (χ4n) is 4.25. The number of sulfonamides is 1. The van der Waals surface area contributed by atoms with Crippen LogP contribution in [0.5, 0.6) is 0 Å². The minimum absolute atomic E-state index is 0.0489. The number of anilines is 1. The van der Waals surface area contributed by atoms with Crippen LogP contribution in [0.4, 0.5) is 23.2 Å². The van der Waals surface area contributed by atoms with Crippen molar-refractivity contribution in [2.24, 2.45) is 0 Å². The van der Waals surface area contributed by atoms with E-state index < -0.39 is 63.5 Å². The van der Waals surface area contributed by atoms with Crippen LogP contribution >= 0.6 is 11.6 Å². The van der Waals surface area contributed by atoms with Gasteiger partial charge in [-0.2, -0.15) is 17.5 Å². The Labute approximate surface area is 226 Å². The number of nitrogens with zero attached hydrogens (tertiary/aromatic N) is 1. The molecule has 206 valence electrons. The highest BCUT2D eigenvalue weighted by Gasteiger charge is 2.38. The normalized spacial score (nSPS) is 15.9. The molecule has 0 saturated heterocycles. The summed E-state index contributed by atoms with van der Waals surface area (Å²) in [7, 11) is -4.13. The van der Waals surface area contributed by atoms with Crippen molar-refractivity contribution in [3.63, 3.8) is 0 Å². The first-order chi connectivity index (χ1) is 18.4. The van der Waals surface area contributed by atoms with Crippen LogP contribution in [-0.4, -0.2) is 37.8 Å². The van der Waals surface area contributed by atoms with Crippen molar-refractivity contribution >= 4 is 39.2 Å². The Bertz CT molecular complexity index is 1500. The van der Waals surface area contributed by atoms with Gasteiger partial charge in [0.1, 0.15) is 5.82 Å². The lowest BCUT2D eigenvalue weighted by Gasteiger charge is -2.36. The van der Waals surface area contributed by atoms with Crippen LogP contribution in [0.3, 0.4) is 0 Å². The number of esters is 1. The first-order valence-electron chi connectivity index (χ1n) is 11.5. The first kappa shape index (κ1) is 28.5. The highest BCUT2D eigenvalue weighted by atomic mass is 35.5. The lowest BCUT2D eigenvalue weighted by atomic mass is 9.92. The quantitative estimate of drug-likeness (QED) is 0.298. The molecule has 1 N–H and O–H groups in total. The van der Waals surface area contributed by atoms with Crippen molar-refractivity contribution in [2.45, 2.75) is 30.0 Å². The number of carbonyl (C=O) groups is 2. The van der Waals surface area contributed by atoms with Gasteiger partial charge in [0.2, 0.25) is 10.0 Å².